The van der Waals surface area contributed by atoms with Crippen LogP contribution in [0.3, 0.4) is 0 Å². The largest absolute Gasteiger partial charge is 0.449 e. The zero-order chi connectivity index (χ0) is 16.0. The maximum Gasteiger partial charge on any atom is 0.343 e. The summed E-state index contributed by atoms with van der Waals surface area (Å²) in [5, 5.41) is 7.09. The molecule has 0 fully saturated rings. The summed E-state index contributed by atoms with van der Waals surface area (Å²) in [6, 6.07) is 0. The van der Waals surface area contributed by atoms with Crippen molar-refractivity contribution in [2.24, 2.45) is 0 Å². The first-order valence-electron chi connectivity index (χ1n) is 7.13. The third-order valence-electron chi connectivity index (χ3n) is 3.00. The molecule has 0 unspecified atom stereocenters. The summed E-state index contributed by atoms with van der Waals surface area (Å²) in [6.45, 7) is 8.21. The molecule has 0 aromatic carbocycles. The van der Waals surface area contributed by atoms with Crippen LogP contribution in [-0.2, 0) is 16.1 Å². The molecule has 1 heterocycles. The maximum atomic E-state index is 12.2. The Morgan fingerprint density at radius 3 is 2.67 bits per heavy atom. The fourth-order valence-electron chi connectivity index (χ4n) is 1.83. The molecule has 1 atom stereocenters. The van der Waals surface area contributed by atoms with E-state index >= 15 is 0 Å². The molecule has 0 saturated carbocycles. The van der Waals surface area contributed by atoms with Crippen molar-refractivity contribution < 1.29 is 14.3 Å². The molecule has 6 nitrogen and oxygen atoms in total. The molecule has 0 aliphatic heterocycles. The maximum absolute atomic E-state index is 12.2. The van der Waals surface area contributed by atoms with E-state index in [4.69, 9.17) is 16.3 Å². The first-order chi connectivity index (χ1) is 9.92. The van der Waals surface area contributed by atoms with Gasteiger partial charge in [-0.25, -0.2) is 4.79 Å². The van der Waals surface area contributed by atoms with E-state index in [2.05, 4.69) is 17.3 Å². The average molecular weight is 316 g/mol. The Kier molecular flexibility index (Phi) is 6.68. The molecule has 1 aromatic heterocycles. The molecule has 1 N–H and O–H groups in total. The fourth-order valence-corrected chi connectivity index (χ4v) is 2.17. The molecule has 21 heavy (non-hydrogen) atoms. The minimum atomic E-state index is -0.869. The number of hydrogen-bond donors (Lipinski definition) is 1. The van der Waals surface area contributed by atoms with Gasteiger partial charge in [0.1, 0.15) is 10.7 Å². The first kappa shape index (κ1) is 17.5. The Morgan fingerprint density at radius 1 is 1.43 bits per heavy atom. The van der Waals surface area contributed by atoms with Crippen LogP contribution in [0.15, 0.2) is 0 Å². The quantitative estimate of drug-likeness (QED) is 0.784. The van der Waals surface area contributed by atoms with Gasteiger partial charge in [-0.3, -0.25) is 9.48 Å². The zero-order valence-corrected chi connectivity index (χ0v) is 13.7. The van der Waals surface area contributed by atoms with Crippen LogP contribution in [0, 0.1) is 6.92 Å². The van der Waals surface area contributed by atoms with Gasteiger partial charge in [0.05, 0.1) is 5.69 Å². The molecule has 7 heteroatoms. The molecule has 0 spiro atoms. The number of aryl methyl sites for hydroxylation is 2. The van der Waals surface area contributed by atoms with Gasteiger partial charge in [0.2, 0.25) is 0 Å². The highest BCUT2D eigenvalue weighted by molar-refractivity contribution is 6.32. The molecule has 1 aromatic rings. The molecule has 118 valence electrons. The van der Waals surface area contributed by atoms with Crippen molar-refractivity contribution in [3.63, 3.8) is 0 Å². The minimum absolute atomic E-state index is 0.226. The molecule has 1 rings (SSSR count). The number of ether oxygens (including phenoxy) is 1. The fraction of sp³-hybridized carbons (Fsp3) is 0.643. The van der Waals surface area contributed by atoms with Gasteiger partial charge in [-0.05, 0) is 27.2 Å². The van der Waals surface area contributed by atoms with E-state index in [1.165, 1.54) is 6.92 Å². The number of nitrogens with one attached hydrogen (secondary N) is 1. The smallest absolute Gasteiger partial charge is 0.343 e. The number of aromatic nitrogens is 2. The van der Waals surface area contributed by atoms with Crippen molar-refractivity contribution in [3.8, 4) is 0 Å². The number of carbonyl (C=O) groups is 2. The number of amides is 1. The summed E-state index contributed by atoms with van der Waals surface area (Å²) in [6.07, 6.45) is 1.06. The van der Waals surface area contributed by atoms with Crippen molar-refractivity contribution in [2.75, 3.05) is 6.54 Å². The average Bonchev–Trinajstić information content (AvgIpc) is 2.71. The Balaban J connectivity index is 2.83. The number of rotatable bonds is 7. The normalized spacial score (nSPS) is 12.0. The van der Waals surface area contributed by atoms with Gasteiger partial charge in [0.15, 0.2) is 6.10 Å². The van der Waals surface area contributed by atoms with Crippen LogP contribution in [0.1, 0.15) is 49.7 Å². The SMILES string of the molecule is CCCCn1nc(C)c(C(=O)O[C@@H](C)C(=O)NCC)c1Cl. The second-order valence-electron chi connectivity index (χ2n) is 4.77. The molecule has 0 radical (unpaired) electrons. The molecular formula is C14H22ClN3O3. The Bertz CT molecular complexity index is 514. The lowest BCUT2D eigenvalue weighted by atomic mass is 10.2. The van der Waals surface area contributed by atoms with E-state index in [1.54, 1.807) is 18.5 Å². The topological polar surface area (TPSA) is 73.2 Å². The Hall–Kier alpha value is -1.56. The van der Waals surface area contributed by atoms with Gasteiger partial charge in [0.25, 0.3) is 5.91 Å². The van der Waals surface area contributed by atoms with Crippen LogP contribution in [0.5, 0.6) is 0 Å². The van der Waals surface area contributed by atoms with Crippen LogP contribution in [-0.4, -0.2) is 34.3 Å². The Labute approximate surface area is 129 Å². The van der Waals surface area contributed by atoms with Crippen LogP contribution < -0.4 is 5.32 Å². The lowest BCUT2D eigenvalue weighted by Gasteiger charge is -2.12. The van der Waals surface area contributed by atoms with E-state index < -0.39 is 12.1 Å². The monoisotopic (exact) mass is 315 g/mol. The predicted molar refractivity (Wildman–Crippen MR) is 80.4 cm³/mol. The van der Waals surface area contributed by atoms with E-state index in [9.17, 15) is 9.59 Å². The van der Waals surface area contributed by atoms with Crippen LogP contribution in [0.4, 0.5) is 0 Å². The van der Waals surface area contributed by atoms with Crippen LogP contribution >= 0.6 is 11.6 Å². The molecule has 1 amide bonds. The second kappa shape index (κ2) is 8.02. The summed E-state index contributed by atoms with van der Waals surface area (Å²) < 4.78 is 6.73. The van der Waals surface area contributed by atoms with Gasteiger partial charge in [-0.1, -0.05) is 24.9 Å². The molecule has 0 aliphatic carbocycles. The highest BCUT2D eigenvalue weighted by atomic mass is 35.5. The number of unbranched alkanes of at least 4 members (excludes halogenated alkanes) is 1. The van der Waals surface area contributed by atoms with E-state index in [0.29, 0.717) is 18.8 Å². The van der Waals surface area contributed by atoms with Gasteiger partial charge < -0.3 is 10.1 Å². The lowest BCUT2D eigenvalue weighted by molar-refractivity contribution is -0.128. The number of likely N-dealkylation sites (N-methyl/N-ethyl adjacent to an activating group) is 1. The molecule has 0 saturated heterocycles. The van der Waals surface area contributed by atoms with Gasteiger partial charge in [-0.15, -0.1) is 0 Å². The number of halogens is 1. The number of hydrogen-bond acceptors (Lipinski definition) is 4. The zero-order valence-electron chi connectivity index (χ0n) is 12.9. The van der Waals surface area contributed by atoms with Crippen molar-refractivity contribution >= 4 is 23.5 Å². The third-order valence-corrected chi connectivity index (χ3v) is 3.38. The van der Waals surface area contributed by atoms with Gasteiger partial charge in [-0.2, -0.15) is 5.10 Å². The van der Waals surface area contributed by atoms with Crippen LogP contribution in [0.25, 0.3) is 0 Å². The third kappa shape index (κ3) is 4.46. The molecule has 0 bridgehead atoms. The highest BCUT2D eigenvalue weighted by Crippen LogP contribution is 2.21. The summed E-state index contributed by atoms with van der Waals surface area (Å²) in [4.78, 5) is 23.7. The predicted octanol–water partition coefficient (Wildman–Crippen LogP) is 2.33. The van der Waals surface area contributed by atoms with Crippen molar-refractivity contribution in [1.29, 1.82) is 0 Å². The minimum Gasteiger partial charge on any atom is -0.449 e. The van der Waals surface area contributed by atoms with E-state index in [0.717, 1.165) is 12.8 Å². The number of esters is 1. The lowest BCUT2D eigenvalue weighted by Crippen LogP contribution is -2.35. The molecular weight excluding hydrogens is 294 g/mol. The summed E-state index contributed by atoms with van der Waals surface area (Å²) >= 11 is 6.18. The van der Waals surface area contributed by atoms with Crippen LogP contribution in [0.2, 0.25) is 5.15 Å². The summed E-state index contributed by atoms with van der Waals surface area (Å²) in [7, 11) is 0. The Morgan fingerprint density at radius 2 is 2.10 bits per heavy atom. The van der Waals surface area contributed by atoms with Gasteiger partial charge >= 0.3 is 5.97 Å². The van der Waals surface area contributed by atoms with E-state index in [1.807, 2.05) is 0 Å². The number of nitrogens with zero attached hydrogens (tertiary/aromatic N) is 2. The van der Waals surface area contributed by atoms with Crippen molar-refractivity contribution in [2.45, 2.75) is 53.2 Å². The second-order valence-corrected chi connectivity index (χ2v) is 5.13. The van der Waals surface area contributed by atoms with Gasteiger partial charge in [0, 0.05) is 13.1 Å². The van der Waals surface area contributed by atoms with Crippen molar-refractivity contribution in [1.82, 2.24) is 15.1 Å². The van der Waals surface area contributed by atoms with Crippen molar-refractivity contribution in [3.05, 3.63) is 16.4 Å². The van der Waals surface area contributed by atoms with E-state index in [-0.39, 0.29) is 16.6 Å². The summed E-state index contributed by atoms with van der Waals surface area (Å²) in [5.74, 6) is -0.961. The summed E-state index contributed by atoms with van der Waals surface area (Å²) in [5.41, 5.74) is 0.730. The molecule has 0 aliphatic rings. The first-order valence-corrected chi connectivity index (χ1v) is 7.51. The standard InChI is InChI=1S/C14H22ClN3O3/c1-5-7-8-18-12(15)11(9(3)17-18)14(20)21-10(4)13(19)16-6-2/h10H,5-8H2,1-4H3,(H,16,19)/t10-/m0/s1. The number of carbonyl (C=O) groups excluding carboxylic acids is 2. The highest BCUT2D eigenvalue weighted by Gasteiger charge is 2.25.